The van der Waals surface area contributed by atoms with E-state index in [1.165, 1.54) is 12.1 Å². The summed E-state index contributed by atoms with van der Waals surface area (Å²) in [5, 5.41) is 21.5. The minimum atomic E-state index is -0.920. The topological polar surface area (TPSA) is 122 Å². The number of aromatic hydroxyl groups is 2. The fourth-order valence-corrected chi connectivity index (χ4v) is 2.15. The first kappa shape index (κ1) is 19.8. The van der Waals surface area contributed by atoms with Crippen molar-refractivity contribution in [1.29, 1.82) is 0 Å². The second-order valence-electron chi connectivity index (χ2n) is 5.75. The van der Waals surface area contributed by atoms with Crippen LogP contribution in [0.1, 0.15) is 32.8 Å². The molecule has 0 heterocycles. The van der Waals surface area contributed by atoms with Crippen molar-refractivity contribution in [3.63, 3.8) is 0 Å². The molecule has 7 nitrogen and oxygen atoms in total. The average Bonchev–Trinajstić information content (AvgIpc) is 2.56. The summed E-state index contributed by atoms with van der Waals surface area (Å²) in [6.07, 6.45) is 0.857. The highest BCUT2D eigenvalue weighted by Gasteiger charge is 2.27. The van der Waals surface area contributed by atoms with Gasteiger partial charge in [0, 0.05) is 6.42 Å². The molecule has 0 spiro atoms. The van der Waals surface area contributed by atoms with Gasteiger partial charge in [0.25, 0.3) is 0 Å². The second kappa shape index (κ2) is 9.12. The molecular weight excluding hydrogens is 312 g/mol. The summed E-state index contributed by atoms with van der Waals surface area (Å²) in [5.74, 6) is -1.57. The lowest BCUT2D eigenvalue weighted by Gasteiger charge is -2.22. The van der Waals surface area contributed by atoms with E-state index in [2.05, 4.69) is 5.32 Å². The van der Waals surface area contributed by atoms with Crippen LogP contribution in [-0.4, -0.2) is 40.8 Å². The standard InChI is InChI=1S/C17H26N2O5/c1-4-10(3)15(18)16(22)19-12(17(23)24-5-2)8-11-6-7-13(20)14(21)9-11/h6-7,9-10,12,15,20-21H,4-5,8,18H2,1-3H3,(H,19,22)/t10-,12-,15-/m0/s1. The van der Waals surface area contributed by atoms with E-state index in [1.807, 2.05) is 13.8 Å². The lowest BCUT2D eigenvalue weighted by atomic mass is 9.98. The molecule has 0 aliphatic carbocycles. The number of hydrogen-bond acceptors (Lipinski definition) is 6. The van der Waals surface area contributed by atoms with Crippen LogP contribution in [0.2, 0.25) is 0 Å². The summed E-state index contributed by atoms with van der Waals surface area (Å²) in [4.78, 5) is 24.3. The summed E-state index contributed by atoms with van der Waals surface area (Å²) in [6, 6.07) is 2.57. The van der Waals surface area contributed by atoms with Gasteiger partial charge in [-0.1, -0.05) is 26.3 Å². The van der Waals surface area contributed by atoms with Crippen molar-refractivity contribution in [2.45, 2.75) is 45.7 Å². The number of carbonyl (C=O) groups excluding carboxylic acids is 2. The fraction of sp³-hybridized carbons (Fsp3) is 0.529. The molecule has 0 unspecified atom stereocenters. The molecule has 0 bridgehead atoms. The van der Waals surface area contributed by atoms with Crippen LogP contribution in [0.15, 0.2) is 18.2 Å². The van der Waals surface area contributed by atoms with Crippen molar-refractivity contribution >= 4 is 11.9 Å². The number of nitrogens with one attached hydrogen (secondary N) is 1. The largest absolute Gasteiger partial charge is 0.504 e. The van der Waals surface area contributed by atoms with Gasteiger partial charge in [-0.2, -0.15) is 0 Å². The molecule has 3 atom stereocenters. The highest BCUT2D eigenvalue weighted by Crippen LogP contribution is 2.25. The molecule has 0 saturated heterocycles. The summed E-state index contributed by atoms with van der Waals surface area (Å²) in [6.45, 7) is 5.65. The lowest BCUT2D eigenvalue weighted by Crippen LogP contribution is -2.51. The molecule has 7 heteroatoms. The molecule has 0 aliphatic heterocycles. The first-order valence-corrected chi connectivity index (χ1v) is 8.03. The lowest BCUT2D eigenvalue weighted by molar-refractivity contribution is -0.147. The Labute approximate surface area is 141 Å². The van der Waals surface area contributed by atoms with Crippen LogP contribution >= 0.6 is 0 Å². The Balaban J connectivity index is 2.89. The van der Waals surface area contributed by atoms with Gasteiger partial charge in [0.05, 0.1) is 12.6 Å². The van der Waals surface area contributed by atoms with Gasteiger partial charge in [-0.3, -0.25) is 4.79 Å². The van der Waals surface area contributed by atoms with Crippen LogP contribution in [-0.2, 0) is 20.7 Å². The number of ether oxygens (including phenoxy) is 1. The molecule has 1 rings (SSSR count). The predicted octanol–water partition coefficient (Wildman–Crippen LogP) is 1.06. The molecule has 1 amide bonds. The van der Waals surface area contributed by atoms with Gasteiger partial charge < -0.3 is 26.0 Å². The molecule has 134 valence electrons. The Kier molecular flexibility index (Phi) is 7.51. The normalized spacial score (nSPS) is 14.5. The van der Waals surface area contributed by atoms with Crippen molar-refractivity contribution in [1.82, 2.24) is 5.32 Å². The molecule has 0 radical (unpaired) electrons. The minimum absolute atomic E-state index is 0.0226. The van der Waals surface area contributed by atoms with Gasteiger partial charge in [-0.25, -0.2) is 4.79 Å². The van der Waals surface area contributed by atoms with E-state index in [0.29, 0.717) is 5.56 Å². The van der Waals surface area contributed by atoms with E-state index in [1.54, 1.807) is 13.0 Å². The number of phenolic OH excluding ortho intramolecular Hbond substituents is 2. The third kappa shape index (κ3) is 5.42. The third-order valence-electron chi connectivity index (χ3n) is 3.93. The van der Waals surface area contributed by atoms with Crippen molar-refractivity contribution in [3.8, 4) is 11.5 Å². The van der Waals surface area contributed by atoms with Crippen LogP contribution in [0, 0.1) is 5.92 Å². The Morgan fingerprint density at radius 3 is 2.46 bits per heavy atom. The maximum atomic E-state index is 12.2. The van der Waals surface area contributed by atoms with E-state index in [-0.39, 0.29) is 30.4 Å². The van der Waals surface area contributed by atoms with E-state index in [0.717, 1.165) is 6.42 Å². The van der Waals surface area contributed by atoms with Gasteiger partial charge in [0.2, 0.25) is 5.91 Å². The van der Waals surface area contributed by atoms with Crippen LogP contribution < -0.4 is 11.1 Å². The van der Waals surface area contributed by atoms with Crippen molar-refractivity contribution in [2.75, 3.05) is 6.61 Å². The zero-order valence-electron chi connectivity index (χ0n) is 14.3. The van der Waals surface area contributed by atoms with Crippen LogP contribution in [0.25, 0.3) is 0 Å². The monoisotopic (exact) mass is 338 g/mol. The zero-order valence-corrected chi connectivity index (χ0v) is 14.3. The first-order valence-electron chi connectivity index (χ1n) is 8.03. The van der Waals surface area contributed by atoms with E-state index >= 15 is 0 Å². The number of esters is 1. The number of hydrogen-bond donors (Lipinski definition) is 4. The maximum Gasteiger partial charge on any atom is 0.328 e. The Morgan fingerprint density at radius 1 is 1.25 bits per heavy atom. The highest BCUT2D eigenvalue weighted by atomic mass is 16.5. The smallest absolute Gasteiger partial charge is 0.328 e. The van der Waals surface area contributed by atoms with E-state index in [4.69, 9.17) is 10.5 Å². The van der Waals surface area contributed by atoms with Gasteiger partial charge in [-0.15, -0.1) is 0 Å². The number of nitrogens with two attached hydrogens (primary N) is 1. The van der Waals surface area contributed by atoms with Gasteiger partial charge >= 0.3 is 5.97 Å². The molecule has 0 aliphatic rings. The SMILES string of the molecule is CCOC(=O)[C@H](Cc1ccc(O)c(O)c1)NC(=O)[C@@H](N)[C@@H](C)CC. The van der Waals surface area contributed by atoms with Gasteiger partial charge in [0.15, 0.2) is 11.5 Å². The maximum absolute atomic E-state index is 12.2. The van der Waals surface area contributed by atoms with E-state index in [9.17, 15) is 19.8 Å². The Morgan fingerprint density at radius 2 is 1.92 bits per heavy atom. The Hall–Kier alpha value is -2.28. The first-order chi connectivity index (χ1) is 11.3. The zero-order chi connectivity index (χ0) is 18.3. The van der Waals surface area contributed by atoms with Crippen LogP contribution in [0.4, 0.5) is 0 Å². The van der Waals surface area contributed by atoms with Gasteiger partial charge in [0.1, 0.15) is 6.04 Å². The summed E-state index contributed by atoms with van der Waals surface area (Å²) >= 11 is 0. The second-order valence-corrected chi connectivity index (χ2v) is 5.75. The average molecular weight is 338 g/mol. The Bertz CT molecular complexity index is 576. The summed E-state index contributed by atoms with van der Waals surface area (Å²) < 4.78 is 4.99. The number of benzene rings is 1. The van der Waals surface area contributed by atoms with Gasteiger partial charge in [-0.05, 0) is 30.5 Å². The molecule has 0 aromatic heterocycles. The molecule has 0 saturated carbocycles. The number of phenols is 2. The van der Waals surface area contributed by atoms with Crippen molar-refractivity contribution in [3.05, 3.63) is 23.8 Å². The predicted molar refractivity (Wildman–Crippen MR) is 89.5 cm³/mol. The molecule has 24 heavy (non-hydrogen) atoms. The van der Waals surface area contributed by atoms with Crippen LogP contribution in [0.3, 0.4) is 0 Å². The van der Waals surface area contributed by atoms with Crippen molar-refractivity contribution in [2.24, 2.45) is 11.7 Å². The molecule has 5 N–H and O–H groups in total. The van der Waals surface area contributed by atoms with Crippen molar-refractivity contribution < 1.29 is 24.5 Å². The number of amides is 1. The quantitative estimate of drug-likeness (QED) is 0.415. The summed E-state index contributed by atoms with van der Waals surface area (Å²) in [5.41, 5.74) is 6.46. The molecular formula is C17H26N2O5. The summed E-state index contributed by atoms with van der Waals surface area (Å²) in [7, 11) is 0. The highest BCUT2D eigenvalue weighted by molar-refractivity contribution is 5.87. The minimum Gasteiger partial charge on any atom is -0.504 e. The molecule has 1 aromatic carbocycles. The molecule has 0 fully saturated rings. The van der Waals surface area contributed by atoms with E-state index < -0.39 is 24.0 Å². The fourth-order valence-electron chi connectivity index (χ4n) is 2.15. The molecule has 1 aromatic rings. The van der Waals surface area contributed by atoms with Crippen LogP contribution in [0.5, 0.6) is 11.5 Å². The number of rotatable bonds is 8. The third-order valence-corrected chi connectivity index (χ3v) is 3.93. The number of carbonyl (C=O) groups is 2.